The molecule has 0 spiro atoms. The first-order valence-electron chi connectivity index (χ1n) is 5.87. The predicted octanol–water partition coefficient (Wildman–Crippen LogP) is 0.185. The minimum Gasteiger partial charge on any atom is -0.481 e. The van der Waals surface area contributed by atoms with E-state index < -0.39 is 28.0 Å². The third-order valence-corrected chi connectivity index (χ3v) is 4.61. The second-order valence-electron chi connectivity index (χ2n) is 4.93. The molecule has 20 heavy (non-hydrogen) atoms. The number of aliphatic carboxylic acids is 1. The number of hydrogen-bond acceptors (Lipinski definition) is 5. The molecule has 0 aliphatic carbocycles. The maximum absolute atomic E-state index is 12.4. The van der Waals surface area contributed by atoms with Crippen LogP contribution in [0, 0.1) is 13.8 Å². The van der Waals surface area contributed by atoms with Crippen LogP contribution in [-0.2, 0) is 19.6 Å². The molecule has 114 valence electrons. The Morgan fingerprint density at radius 2 is 2.10 bits per heavy atom. The molecule has 0 aliphatic rings. The van der Waals surface area contributed by atoms with Crippen LogP contribution in [-0.4, -0.2) is 48.9 Å². The Balaban J connectivity index is 3.13. The van der Waals surface area contributed by atoms with Gasteiger partial charge in [-0.1, -0.05) is 0 Å². The van der Waals surface area contributed by atoms with Crippen molar-refractivity contribution in [2.24, 2.45) is 0 Å². The van der Waals surface area contributed by atoms with Gasteiger partial charge in [0.15, 0.2) is 0 Å². The number of rotatable bonds is 7. The number of methoxy groups -OCH3 is 1. The maximum atomic E-state index is 12.4. The Hall–Kier alpha value is -1.45. The van der Waals surface area contributed by atoms with Crippen molar-refractivity contribution in [3.8, 4) is 0 Å². The highest BCUT2D eigenvalue weighted by atomic mass is 32.2. The van der Waals surface area contributed by atoms with E-state index >= 15 is 0 Å². The number of H-pyrrole nitrogens is 1. The molecule has 0 aromatic carbocycles. The first-order valence-corrected chi connectivity index (χ1v) is 7.36. The molecule has 0 saturated heterocycles. The number of ether oxygens (including phenoxy) is 1. The first-order chi connectivity index (χ1) is 9.11. The lowest BCUT2D eigenvalue weighted by atomic mass is 10.0. The molecule has 1 unspecified atom stereocenters. The monoisotopic (exact) mass is 305 g/mol. The van der Waals surface area contributed by atoms with Gasteiger partial charge >= 0.3 is 5.97 Å². The van der Waals surface area contributed by atoms with E-state index in [1.54, 1.807) is 13.8 Å². The van der Waals surface area contributed by atoms with Gasteiger partial charge in [-0.2, -0.15) is 5.10 Å². The summed E-state index contributed by atoms with van der Waals surface area (Å²) in [5.41, 5.74) is -0.523. The summed E-state index contributed by atoms with van der Waals surface area (Å²) in [6, 6.07) is 0. The molecule has 8 nitrogen and oxygen atoms in total. The maximum Gasteiger partial charge on any atom is 0.305 e. The van der Waals surface area contributed by atoms with Crippen molar-refractivity contribution in [3.05, 3.63) is 11.4 Å². The van der Waals surface area contributed by atoms with E-state index in [0.29, 0.717) is 11.4 Å². The molecule has 0 aliphatic heterocycles. The first kappa shape index (κ1) is 16.6. The molecule has 1 aromatic heterocycles. The van der Waals surface area contributed by atoms with Crippen LogP contribution in [0.2, 0.25) is 0 Å². The summed E-state index contributed by atoms with van der Waals surface area (Å²) in [5, 5.41) is 15.3. The van der Waals surface area contributed by atoms with Crippen LogP contribution in [0.15, 0.2) is 4.90 Å². The van der Waals surface area contributed by atoms with Gasteiger partial charge < -0.3 is 9.84 Å². The van der Waals surface area contributed by atoms with Crippen LogP contribution in [0.1, 0.15) is 24.7 Å². The molecule has 1 rings (SSSR count). The number of nitrogens with zero attached hydrogens (tertiary/aromatic N) is 1. The molecular weight excluding hydrogens is 286 g/mol. The molecule has 1 heterocycles. The highest BCUT2D eigenvalue weighted by Gasteiger charge is 2.35. The number of aromatic nitrogens is 2. The fraction of sp³-hybridized carbons (Fsp3) is 0.636. The summed E-state index contributed by atoms with van der Waals surface area (Å²) in [6.45, 7) is 4.56. The topological polar surface area (TPSA) is 121 Å². The van der Waals surface area contributed by atoms with Gasteiger partial charge in [-0.15, -0.1) is 0 Å². The average Bonchev–Trinajstić information content (AvgIpc) is 2.56. The molecule has 9 heteroatoms. The van der Waals surface area contributed by atoms with E-state index in [4.69, 9.17) is 9.84 Å². The molecule has 0 saturated carbocycles. The summed E-state index contributed by atoms with van der Waals surface area (Å²) in [7, 11) is -2.51. The summed E-state index contributed by atoms with van der Waals surface area (Å²) >= 11 is 0. The fourth-order valence-corrected chi connectivity index (χ4v) is 3.85. The number of aryl methyl sites for hydroxylation is 2. The van der Waals surface area contributed by atoms with E-state index in [1.807, 2.05) is 0 Å². The van der Waals surface area contributed by atoms with E-state index in [-0.39, 0.29) is 11.5 Å². The lowest BCUT2D eigenvalue weighted by molar-refractivity contribution is -0.138. The van der Waals surface area contributed by atoms with Gasteiger partial charge in [-0.25, -0.2) is 13.1 Å². The SMILES string of the molecule is COCC(C)(CC(=O)O)NS(=O)(=O)c1c(C)n[nH]c1C. The lowest BCUT2D eigenvalue weighted by Crippen LogP contribution is -2.50. The van der Waals surface area contributed by atoms with Gasteiger partial charge in [0.2, 0.25) is 10.0 Å². The second kappa shape index (κ2) is 5.90. The molecule has 0 bridgehead atoms. The Bertz CT molecular complexity index is 576. The summed E-state index contributed by atoms with van der Waals surface area (Å²) in [4.78, 5) is 10.9. The Morgan fingerprint density at radius 1 is 1.50 bits per heavy atom. The number of aromatic amines is 1. The van der Waals surface area contributed by atoms with Gasteiger partial charge in [0.1, 0.15) is 4.90 Å². The van der Waals surface area contributed by atoms with Gasteiger partial charge in [-0.05, 0) is 20.8 Å². The molecular formula is C11H19N3O5S. The quantitative estimate of drug-likeness (QED) is 0.661. The van der Waals surface area contributed by atoms with E-state index in [9.17, 15) is 13.2 Å². The van der Waals surface area contributed by atoms with Crippen molar-refractivity contribution in [2.75, 3.05) is 13.7 Å². The number of nitrogens with one attached hydrogen (secondary N) is 2. The largest absolute Gasteiger partial charge is 0.481 e. The fourth-order valence-electron chi connectivity index (χ4n) is 2.08. The number of hydrogen-bond donors (Lipinski definition) is 3. The normalized spacial score (nSPS) is 15.0. The molecule has 0 amide bonds. The van der Waals surface area contributed by atoms with Crippen LogP contribution in [0.3, 0.4) is 0 Å². The van der Waals surface area contributed by atoms with E-state index in [2.05, 4.69) is 14.9 Å². The molecule has 1 aromatic rings. The van der Waals surface area contributed by atoms with E-state index in [0.717, 1.165) is 0 Å². The van der Waals surface area contributed by atoms with Crippen molar-refractivity contribution in [3.63, 3.8) is 0 Å². The van der Waals surface area contributed by atoms with Crippen LogP contribution >= 0.6 is 0 Å². The smallest absolute Gasteiger partial charge is 0.305 e. The average molecular weight is 305 g/mol. The molecule has 3 N–H and O–H groups in total. The summed E-state index contributed by atoms with van der Waals surface area (Å²) < 4.78 is 32.1. The van der Waals surface area contributed by atoms with Crippen LogP contribution in [0.4, 0.5) is 0 Å². The van der Waals surface area contributed by atoms with Crippen LogP contribution in [0.25, 0.3) is 0 Å². The molecule has 1 atom stereocenters. The van der Waals surface area contributed by atoms with Crippen LogP contribution in [0.5, 0.6) is 0 Å². The highest BCUT2D eigenvalue weighted by molar-refractivity contribution is 7.89. The molecule has 0 fully saturated rings. The lowest BCUT2D eigenvalue weighted by Gasteiger charge is -2.28. The number of carbonyl (C=O) groups is 1. The zero-order valence-electron chi connectivity index (χ0n) is 11.8. The Kier molecular flexibility index (Phi) is 4.90. The van der Waals surface area contributed by atoms with Gasteiger partial charge in [0.25, 0.3) is 0 Å². The highest BCUT2D eigenvalue weighted by Crippen LogP contribution is 2.20. The van der Waals surface area contributed by atoms with Crippen molar-refractivity contribution in [1.29, 1.82) is 0 Å². The number of carboxylic acids is 1. The second-order valence-corrected chi connectivity index (χ2v) is 6.55. The van der Waals surface area contributed by atoms with Gasteiger partial charge in [-0.3, -0.25) is 9.89 Å². The van der Waals surface area contributed by atoms with Crippen molar-refractivity contribution < 1.29 is 23.1 Å². The third kappa shape index (κ3) is 3.78. The zero-order valence-corrected chi connectivity index (χ0v) is 12.7. The summed E-state index contributed by atoms with van der Waals surface area (Å²) in [5.74, 6) is -1.12. The minimum atomic E-state index is -3.89. The Labute approximate surface area is 117 Å². The summed E-state index contributed by atoms with van der Waals surface area (Å²) in [6.07, 6.45) is -0.393. The Morgan fingerprint density at radius 3 is 2.50 bits per heavy atom. The van der Waals surface area contributed by atoms with Crippen molar-refractivity contribution >= 4 is 16.0 Å². The molecule has 0 radical (unpaired) electrons. The minimum absolute atomic E-state index is 0.0326. The van der Waals surface area contributed by atoms with Crippen molar-refractivity contribution in [1.82, 2.24) is 14.9 Å². The standard InChI is InChI=1S/C11H19N3O5S/c1-7-10(8(2)13-12-7)20(17,18)14-11(3,6-19-4)5-9(15)16/h14H,5-6H2,1-4H3,(H,12,13)(H,15,16). The van der Waals surface area contributed by atoms with Gasteiger partial charge in [0, 0.05) is 7.11 Å². The third-order valence-electron chi connectivity index (χ3n) is 2.71. The number of sulfonamides is 1. The number of carboxylic acid groups (broad SMARTS) is 1. The predicted molar refractivity (Wildman–Crippen MR) is 70.9 cm³/mol. The zero-order chi connectivity index (χ0) is 15.6. The van der Waals surface area contributed by atoms with Gasteiger partial charge in [0.05, 0.1) is 30.0 Å². The van der Waals surface area contributed by atoms with E-state index in [1.165, 1.54) is 14.0 Å². The van der Waals surface area contributed by atoms with Crippen LogP contribution < -0.4 is 4.72 Å². The van der Waals surface area contributed by atoms with Crippen molar-refractivity contribution in [2.45, 2.75) is 37.6 Å².